The van der Waals surface area contributed by atoms with Gasteiger partial charge in [0.05, 0.1) is 18.5 Å². The number of aliphatic hydroxyl groups is 1. The Morgan fingerprint density at radius 2 is 1.83 bits per heavy atom. The van der Waals surface area contributed by atoms with Gasteiger partial charge in [0.1, 0.15) is 0 Å². The highest BCUT2D eigenvalue weighted by Gasteiger charge is 2.16. The van der Waals surface area contributed by atoms with Crippen LogP contribution in [0.3, 0.4) is 0 Å². The van der Waals surface area contributed by atoms with E-state index in [-0.39, 0.29) is 6.61 Å². The van der Waals surface area contributed by atoms with Crippen LogP contribution in [0, 0.1) is 6.92 Å². The lowest BCUT2D eigenvalue weighted by molar-refractivity contribution is 0.189. The van der Waals surface area contributed by atoms with Crippen LogP contribution < -0.4 is 4.90 Å². The Morgan fingerprint density at radius 3 is 2.33 bits per heavy atom. The summed E-state index contributed by atoms with van der Waals surface area (Å²) >= 11 is 0. The summed E-state index contributed by atoms with van der Waals surface area (Å²) < 4.78 is 0. The van der Waals surface area contributed by atoms with E-state index in [1.54, 1.807) is 0 Å². The van der Waals surface area contributed by atoms with Crippen molar-refractivity contribution in [1.82, 2.24) is 9.88 Å². The van der Waals surface area contributed by atoms with E-state index in [2.05, 4.69) is 26.9 Å². The molecule has 1 aliphatic rings. The molecule has 1 fully saturated rings. The summed E-state index contributed by atoms with van der Waals surface area (Å²) in [6, 6.07) is 4.18. The molecular weight excluding hydrogens is 226 g/mol. The number of nitrogens with zero attached hydrogens (tertiary/aromatic N) is 3. The van der Waals surface area contributed by atoms with Crippen LogP contribution in [0.5, 0.6) is 0 Å². The van der Waals surface area contributed by atoms with Crippen LogP contribution in [0.4, 0.5) is 5.69 Å². The largest absolute Gasteiger partial charge is 0.395 e. The highest BCUT2D eigenvalue weighted by atomic mass is 16.3. The fraction of sp³-hybridized carbons (Fsp3) is 0.643. The Bertz CT molecular complexity index is 318. The predicted octanol–water partition coefficient (Wildman–Crippen LogP) is 1.53. The van der Waals surface area contributed by atoms with Crippen molar-refractivity contribution in [1.29, 1.82) is 0 Å². The smallest absolute Gasteiger partial charge is 0.0558 e. The van der Waals surface area contributed by atoms with Crippen molar-refractivity contribution in [3.63, 3.8) is 0 Å². The van der Waals surface area contributed by atoms with Crippen LogP contribution in [0.2, 0.25) is 0 Å². The van der Waals surface area contributed by atoms with Crippen LogP contribution in [-0.2, 0) is 0 Å². The highest BCUT2D eigenvalue weighted by molar-refractivity contribution is 5.44. The standard InChI is InChI=1S/C12H19N3O.C2H6/c1-11-2-3-12(10-13-11)15-6-4-14(5-7-15)8-9-16;1-2/h2-3,10,16H,4-9H2,1H3;1-2H3. The normalized spacial score (nSPS) is 16.1. The Balaban J connectivity index is 0.000000771. The zero-order valence-electron chi connectivity index (χ0n) is 11.8. The zero-order valence-corrected chi connectivity index (χ0v) is 11.8. The maximum atomic E-state index is 8.87. The molecule has 2 heterocycles. The molecule has 0 unspecified atom stereocenters. The number of aromatic nitrogens is 1. The molecule has 1 aromatic rings. The summed E-state index contributed by atoms with van der Waals surface area (Å²) in [6.45, 7) is 11.1. The van der Waals surface area contributed by atoms with Crippen molar-refractivity contribution in [2.45, 2.75) is 20.8 Å². The van der Waals surface area contributed by atoms with E-state index in [1.807, 2.05) is 27.0 Å². The van der Waals surface area contributed by atoms with E-state index in [1.165, 1.54) is 5.69 Å². The lowest BCUT2D eigenvalue weighted by Gasteiger charge is -2.35. The molecule has 0 atom stereocenters. The Hall–Kier alpha value is -1.13. The van der Waals surface area contributed by atoms with Crippen LogP contribution in [-0.4, -0.2) is 54.3 Å². The first kappa shape index (κ1) is 14.9. The molecule has 0 aromatic carbocycles. The molecule has 4 heteroatoms. The van der Waals surface area contributed by atoms with Gasteiger partial charge in [0.15, 0.2) is 0 Å². The minimum absolute atomic E-state index is 0.256. The summed E-state index contributed by atoms with van der Waals surface area (Å²) in [4.78, 5) is 8.95. The van der Waals surface area contributed by atoms with Crippen molar-refractivity contribution in [3.05, 3.63) is 24.0 Å². The molecule has 1 aromatic heterocycles. The van der Waals surface area contributed by atoms with E-state index < -0.39 is 0 Å². The van der Waals surface area contributed by atoms with Gasteiger partial charge < -0.3 is 10.0 Å². The van der Waals surface area contributed by atoms with Crippen molar-refractivity contribution in [2.24, 2.45) is 0 Å². The highest BCUT2D eigenvalue weighted by Crippen LogP contribution is 2.15. The van der Waals surface area contributed by atoms with Gasteiger partial charge in [-0.1, -0.05) is 13.8 Å². The molecule has 1 N–H and O–H groups in total. The fourth-order valence-corrected chi connectivity index (χ4v) is 2.02. The summed E-state index contributed by atoms with van der Waals surface area (Å²) in [7, 11) is 0. The van der Waals surface area contributed by atoms with E-state index in [9.17, 15) is 0 Å². The van der Waals surface area contributed by atoms with Gasteiger partial charge in [-0.2, -0.15) is 0 Å². The first-order chi connectivity index (χ1) is 8.79. The van der Waals surface area contributed by atoms with E-state index >= 15 is 0 Å². The number of pyridine rings is 1. The second kappa shape index (κ2) is 8.06. The second-order valence-corrected chi connectivity index (χ2v) is 4.21. The average molecular weight is 251 g/mol. The van der Waals surface area contributed by atoms with Crippen molar-refractivity contribution in [2.75, 3.05) is 44.2 Å². The summed E-state index contributed by atoms with van der Waals surface area (Å²) in [5.74, 6) is 0. The molecule has 1 saturated heterocycles. The van der Waals surface area contributed by atoms with Crippen LogP contribution >= 0.6 is 0 Å². The van der Waals surface area contributed by atoms with Gasteiger partial charge >= 0.3 is 0 Å². The van der Waals surface area contributed by atoms with Gasteiger partial charge in [-0.25, -0.2) is 0 Å². The van der Waals surface area contributed by atoms with Crippen molar-refractivity contribution < 1.29 is 5.11 Å². The number of aryl methyl sites for hydroxylation is 1. The number of anilines is 1. The minimum atomic E-state index is 0.256. The SMILES string of the molecule is CC.Cc1ccc(N2CCN(CCO)CC2)cn1. The topological polar surface area (TPSA) is 39.6 Å². The van der Waals surface area contributed by atoms with E-state index in [0.29, 0.717) is 0 Å². The molecule has 102 valence electrons. The molecule has 0 amide bonds. The summed E-state index contributed by atoms with van der Waals surface area (Å²) in [5.41, 5.74) is 2.26. The molecule has 0 radical (unpaired) electrons. The summed E-state index contributed by atoms with van der Waals surface area (Å²) in [6.07, 6.45) is 1.94. The number of hydrogen-bond acceptors (Lipinski definition) is 4. The number of rotatable bonds is 3. The molecule has 0 bridgehead atoms. The fourth-order valence-electron chi connectivity index (χ4n) is 2.02. The number of piperazine rings is 1. The third-order valence-corrected chi connectivity index (χ3v) is 3.05. The third-order valence-electron chi connectivity index (χ3n) is 3.05. The Morgan fingerprint density at radius 1 is 1.17 bits per heavy atom. The molecule has 1 aliphatic heterocycles. The monoisotopic (exact) mass is 251 g/mol. The molecule has 0 aliphatic carbocycles. The van der Waals surface area contributed by atoms with E-state index in [4.69, 9.17) is 5.11 Å². The van der Waals surface area contributed by atoms with Crippen LogP contribution in [0.15, 0.2) is 18.3 Å². The van der Waals surface area contributed by atoms with Crippen molar-refractivity contribution >= 4 is 5.69 Å². The zero-order chi connectivity index (χ0) is 13.4. The minimum Gasteiger partial charge on any atom is -0.395 e. The van der Waals surface area contributed by atoms with Crippen molar-refractivity contribution in [3.8, 4) is 0 Å². The first-order valence-electron chi connectivity index (χ1n) is 6.80. The number of aliphatic hydroxyl groups excluding tert-OH is 1. The molecular formula is C14H25N3O. The van der Waals surface area contributed by atoms with Gasteiger partial charge in [0.25, 0.3) is 0 Å². The average Bonchev–Trinajstić information content (AvgIpc) is 2.43. The molecule has 0 saturated carbocycles. The van der Waals surface area contributed by atoms with E-state index in [0.717, 1.165) is 38.4 Å². The van der Waals surface area contributed by atoms with Crippen LogP contribution in [0.1, 0.15) is 19.5 Å². The number of hydrogen-bond donors (Lipinski definition) is 1. The van der Waals surface area contributed by atoms with Crippen LogP contribution in [0.25, 0.3) is 0 Å². The maximum Gasteiger partial charge on any atom is 0.0558 e. The lowest BCUT2D eigenvalue weighted by Crippen LogP contribution is -2.47. The molecule has 4 nitrogen and oxygen atoms in total. The van der Waals surface area contributed by atoms with Gasteiger partial charge in [0.2, 0.25) is 0 Å². The first-order valence-corrected chi connectivity index (χ1v) is 6.80. The lowest BCUT2D eigenvalue weighted by atomic mass is 10.2. The van der Waals surface area contributed by atoms with Gasteiger partial charge in [-0.15, -0.1) is 0 Å². The maximum absolute atomic E-state index is 8.87. The predicted molar refractivity (Wildman–Crippen MR) is 76.1 cm³/mol. The quantitative estimate of drug-likeness (QED) is 0.884. The third kappa shape index (κ3) is 4.27. The Labute approximate surface area is 110 Å². The molecule has 18 heavy (non-hydrogen) atoms. The molecule has 0 spiro atoms. The summed E-state index contributed by atoms with van der Waals surface area (Å²) in [5, 5.41) is 8.87. The van der Waals surface area contributed by atoms with Gasteiger partial charge in [-0.05, 0) is 19.1 Å². The second-order valence-electron chi connectivity index (χ2n) is 4.21. The Kier molecular flexibility index (Phi) is 6.68. The van der Waals surface area contributed by atoms with Gasteiger partial charge in [0, 0.05) is 38.4 Å². The molecule has 2 rings (SSSR count). The van der Waals surface area contributed by atoms with Gasteiger partial charge in [-0.3, -0.25) is 9.88 Å². The number of β-amino-alcohol motifs (C(OH)–C–C–N with tert-alkyl or cyclic N) is 1.